The van der Waals surface area contributed by atoms with Crippen LogP contribution in [0.1, 0.15) is 10.4 Å². The fraction of sp³-hybridized carbons (Fsp3) is 0. The standard InChI is InChI=1S/C10H7Cl2N3O4S/c11-5-3-6(9(16)17)8(12)7(4-5)20(18,19)15-10-13-1-2-14-10/h1-4H,(H,16,17)(H2,13,14,15). The summed E-state index contributed by atoms with van der Waals surface area (Å²) >= 11 is 11.5. The summed E-state index contributed by atoms with van der Waals surface area (Å²) in [6.07, 6.45) is 2.76. The van der Waals surface area contributed by atoms with Gasteiger partial charge in [0.25, 0.3) is 10.0 Å². The fourth-order valence-electron chi connectivity index (χ4n) is 1.42. The molecule has 0 saturated carbocycles. The van der Waals surface area contributed by atoms with Crippen LogP contribution >= 0.6 is 23.2 Å². The SMILES string of the molecule is O=C(O)c1cc(Cl)cc(S(=O)(=O)Nc2ncc[nH]2)c1Cl. The summed E-state index contributed by atoms with van der Waals surface area (Å²) in [5.41, 5.74) is -0.404. The Balaban J connectivity index is 2.54. The van der Waals surface area contributed by atoms with E-state index in [-0.39, 0.29) is 11.0 Å². The summed E-state index contributed by atoms with van der Waals surface area (Å²) in [6.45, 7) is 0. The van der Waals surface area contributed by atoms with Gasteiger partial charge in [-0.15, -0.1) is 0 Å². The van der Waals surface area contributed by atoms with Crippen LogP contribution in [0.25, 0.3) is 0 Å². The minimum Gasteiger partial charge on any atom is -0.478 e. The molecule has 0 unspecified atom stereocenters. The van der Waals surface area contributed by atoms with Crippen molar-refractivity contribution in [1.82, 2.24) is 9.97 Å². The van der Waals surface area contributed by atoms with Gasteiger partial charge in [0.2, 0.25) is 5.95 Å². The molecule has 1 aromatic carbocycles. The second-order valence-corrected chi connectivity index (χ2v) is 6.08. The molecule has 0 amide bonds. The minimum absolute atomic E-state index is 0.0297. The smallest absolute Gasteiger partial charge is 0.337 e. The molecule has 7 nitrogen and oxygen atoms in total. The van der Waals surface area contributed by atoms with E-state index < -0.39 is 31.5 Å². The van der Waals surface area contributed by atoms with Crippen LogP contribution in [-0.4, -0.2) is 29.5 Å². The van der Waals surface area contributed by atoms with E-state index in [2.05, 4.69) is 14.7 Å². The number of benzene rings is 1. The third-order valence-corrected chi connectivity index (χ3v) is 4.35. The van der Waals surface area contributed by atoms with E-state index in [4.69, 9.17) is 28.3 Å². The Labute approximate surface area is 123 Å². The van der Waals surface area contributed by atoms with Crippen LogP contribution in [0.4, 0.5) is 5.95 Å². The number of hydrogen-bond acceptors (Lipinski definition) is 4. The molecule has 2 rings (SSSR count). The Bertz CT molecular complexity index is 759. The number of sulfonamides is 1. The number of hydrogen-bond donors (Lipinski definition) is 3. The lowest BCUT2D eigenvalue weighted by atomic mass is 10.2. The van der Waals surface area contributed by atoms with E-state index in [0.717, 1.165) is 12.1 Å². The van der Waals surface area contributed by atoms with Crippen LogP contribution in [0.2, 0.25) is 10.0 Å². The zero-order valence-corrected chi connectivity index (χ0v) is 11.9. The number of imidazole rings is 1. The van der Waals surface area contributed by atoms with Crippen LogP contribution in [0.3, 0.4) is 0 Å². The average molecular weight is 336 g/mol. The lowest BCUT2D eigenvalue weighted by Gasteiger charge is -2.09. The second-order valence-electron chi connectivity index (χ2n) is 3.61. The number of nitrogens with zero attached hydrogens (tertiary/aromatic N) is 1. The van der Waals surface area contributed by atoms with Crippen molar-refractivity contribution in [1.29, 1.82) is 0 Å². The average Bonchev–Trinajstić information content (AvgIpc) is 2.83. The van der Waals surface area contributed by atoms with E-state index in [9.17, 15) is 13.2 Å². The fourth-order valence-corrected chi connectivity index (χ4v) is 3.30. The van der Waals surface area contributed by atoms with Gasteiger partial charge in [0, 0.05) is 17.4 Å². The molecule has 0 atom stereocenters. The number of aromatic carboxylic acids is 1. The Kier molecular flexibility index (Phi) is 3.89. The number of H-pyrrole nitrogens is 1. The van der Waals surface area contributed by atoms with E-state index >= 15 is 0 Å². The van der Waals surface area contributed by atoms with Gasteiger partial charge in [-0.3, -0.25) is 0 Å². The first-order valence-corrected chi connectivity index (χ1v) is 7.29. The maximum atomic E-state index is 12.1. The quantitative estimate of drug-likeness (QED) is 0.792. The number of halogens is 2. The zero-order valence-electron chi connectivity index (χ0n) is 9.59. The first kappa shape index (κ1) is 14.6. The van der Waals surface area contributed by atoms with Crippen molar-refractivity contribution in [3.63, 3.8) is 0 Å². The van der Waals surface area contributed by atoms with Gasteiger partial charge in [-0.25, -0.2) is 22.9 Å². The molecule has 1 heterocycles. The Morgan fingerprint density at radius 2 is 2.05 bits per heavy atom. The molecule has 0 spiro atoms. The van der Waals surface area contributed by atoms with Gasteiger partial charge >= 0.3 is 5.97 Å². The van der Waals surface area contributed by atoms with Gasteiger partial charge in [-0.05, 0) is 12.1 Å². The summed E-state index contributed by atoms with van der Waals surface area (Å²) in [6, 6.07) is 2.12. The summed E-state index contributed by atoms with van der Waals surface area (Å²) in [5, 5.41) is 8.47. The Hall–Kier alpha value is -1.77. The number of aromatic amines is 1. The van der Waals surface area contributed by atoms with Crippen molar-refractivity contribution >= 4 is 45.1 Å². The Morgan fingerprint density at radius 1 is 1.35 bits per heavy atom. The zero-order chi connectivity index (χ0) is 14.9. The van der Waals surface area contributed by atoms with Crippen LogP contribution in [-0.2, 0) is 10.0 Å². The highest BCUT2D eigenvalue weighted by atomic mass is 35.5. The Morgan fingerprint density at radius 3 is 2.60 bits per heavy atom. The maximum absolute atomic E-state index is 12.1. The normalized spacial score (nSPS) is 11.3. The van der Waals surface area contributed by atoms with E-state index in [1.54, 1.807) is 0 Å². The molecule has 2 aromatic rings. The van der Waals surface area contributed by atoms with Crippen molar-refractivity contribution < 1.29 is 18.3 Å². The molecule has 0 aliphatic rings. The lowest BCUT2D eigenvalue weighted by Crippen LogP contribution is -2.15. The molecular formula is C10H7Cl2N3O4S. The van der Waals surface area contributed by atoms with E-state index in [0.29, 0.717) is 0 Å². The first-order valence-electron chi connectivity index (χ1n) is 5.06. The summed E-state index contributed by atoms with van der Waals surface area (Å²) in [7, 11) is -4.12. The number of rotatable bonds is 4. The monoisotopic (exact) mass is 335 g/mol. The largest absolute Gasteiger partial charge is 0.478 e. The molecule has 3 N–H and O–H groups in total. The molecule has 10 heteroatoms. The lowest BCUT2D eigenvalue weighted by molar-refractivity contribution is 0.0697. The van der Waals surface area contributed by atoms with Crippen molar-refractivity contribution in [2.75, 3.05) is 4.72 Å². The van der Waals surface area contributed by atoms with Gasteiger partial charge in [0.15, 0.2) is 0 Å². The van der Waals surface area contributed by atoms with Gasteiger partial charge < -0.3 is 10.1 Å². The summed E-state index contributed by atoms with van der Waals surface area (Å²) < 4.78 is 26.4. The topological polar surface area (TPSA) is 112 Å². The first-order chi connectivity index (χ1) is 9.31. The van der Waals surface area contributed by atoms with Crippen LogP contribution < -0.4 is 4.72 Å². The van der Waals surface area contributed by atoms with Crippen molar-refractivity contribution in [2.24, 2.45) is 0 Å². The van der Waals surface area contributed by atoms with Crippen LogP contribution in [0.15, 0.2) is 29.4 Å². The highest BCUT2D eigenvalue weighted by molar-refractivity contribution is 7.92. The summed E-state index contributed by atoms with van der Waals surface area (Å²) in [5.74, 6) is -1.41. The maximum Gasteiger partial charge on any atom is 0.337 e. The van der Waals surface area contributed by atoms with Crippen LogP contribution in [0.5, 0.6) is 0 Å². The van der Waals surface area contributed by atoms with Gasteiger partial charge in [0.05, 0.1) is 10.6 Å². The molecule has 106 valence electrons. The van der Waals surface area contributed by atoms with Gasteiger partial charge in [0.1, 0.15) is 4.90 Å². The molecule has 1 aromatic heterocycles. The predicted octanol–water partition coefficient (Wildman–Crippen LogP) is 2.22. The third-order valence-electron chi connectivity index (χ3n) is 2.25. The third kappa shape index (κ3) is 2.87. The number of carbonyl (C=O) groups is 1. The molecule has 20 heavy (non-hydrogen) atoms. The molecule has 0 saturated heterocycles. The van der Waals surface area contributed by atoms with E-state index in [1.165, 1.54) is 12.4 Å². The van der Waals surface area contributed by atoms with E-state index in [1.807, 2.05) is 0 Å². The number of carboxylic acid groups (broad SMARTS) is 1. The van der Waals surface area contributed by atoms with Crippen molar-refractivity contribution in [2.45, 2.75) is 4.90 Å². The minimum atomic E-state index is -4.12. The number of aromatic nitrogens is 2. The molecule has 0 radical (unpaired) electrons. The highest BCUT2D eigenvalue weighted by Gasteiger charge is 2.24. The molecule has 0 fully saturated rings. The second kappa shape index (κ2) is 5.31. The summed E-state index contributed by atoms with van der Waals surface area (Å²) in [4.78, 5) is 16.8. The molecular weight excluding hydrogens is 329 g/mol. The predicted molar refractivity (Wildman–Crippen MR) is 72.8 cm³/mol. The number of carboxylic acids is 1. The van der Waals surface area contributed by atoms with Gasteiger partial charge in [-0.1, -0.05) is 23.2 Å². The van der Waals surface area contributed by atoms with Crippen molar-refractivity contribution in [3.05, 3.63) is 40.1 Å². The van der Waals surface area contributed by atoms with Crippen molar-refractivity contribution in [3.8, 4) is 0 Å². The molecule has 0 aliphatic carbocycles. The number of nitrogens with one attached hydrogen (secondary N) is 2. The number of anilines is 1. The molecule has 0 aliphatic heterocycles. The highest BCUT2D eigenvalue weighted by Crippen LogP contribution is 2.30. The van der Waals surface area contributed by atoms with Gasteiger partial charge in [-0.2, -0.15) is 0 Å². The van der Waals surface area contributed by atoms with Crippen LogP contribution in [0, 0.1) is 0 Å². The molecule has 0 bridgehead atoms.